The molecule has 0 atom stereocenters. The number of para-hydroxylation sites is 1. The lowest BCUT2D eigenvalue weighted by molar-refractivity contribution is 0.107. The fourth-order valence-corrected chi connectivity index (χ4v) is 3.35. The molecule has 1 aliphatic heterocycles. The van der Waals surface area contributed by atoms with Crippen LogP contribution in [0.3, 0.4) is 0 Å². The second-order valence-electron chi connectivity index (χ2n) is 7.13. The van der Waals surface area contributed by atoms with Gasteiger partial charge in [-0.05, 0) is 47.5 Å². The standard InChI is InChI=1S/C24H23FN2O3/c25-21-6-4-5-18(14-21)16-29-17-19-9-10-23-20(13-19)15-27(11-12-30-23)24(28)26-22-7-2-1-3-8-22/h1-10,13-14H,11-12,15-17H2,(H,26,28). The maximum absolute atomic E-state index is 13.3. The number of nitrogens with one attached hydrogen (secondary N) is 1. The fraction of sp³-hybridized carbons (Fsp3) is 0.208. The van der Waals surface area contributed by atoms with Gasteiger partial charge in [0.1, 0.15) is 18.2 Å². The molecule has 0 aromatic heterocycles. The molecule has 0 saturated carbocycles. The minimum absolute atomic E-state index is 0.162. The van der Waals surface area contributed by atoms with Crippen molar-refractivity contribution in [1.82, 2.24) is 4.90 Å². The van der Waals surface area contributed by atoms with Crippen molar-refractivity contribution in [3.8, 4) is 5.75 Å². The molecule has 0 aliphatic carbocycles. The number of fused-ring (bicyclic) bond motifs is 1. The number of carbonyl (C=O) groups excluding carboxylic acids is 1. The van der Waals surface area contributed by atoms with Crippen LogP contribution < -0.4 is 10.1 Å². The topological polar surface area (TPSA) is 50.8 Å². The van der Waals surface area contributed by atoms with Crippen LogP contribution in [0.15, 0.2) is 72.8 Å². The zero-order chi connectivity index (χ0) is 20.8. The molecule has 0 spiro atoms. The molecule has 4 rings (SSSR count). The summed E-state index contributed by atoms with van der Waals surface area (Å²) in [5.41, 5.74) is 3.45. The average molecular weight is 406 g/mol. The highest BCUT2D eigenvalue weighted by atomic mass is 19.1. The Morgan fingerprint density at radius 3 is 2.60 bits per heavy atom. The Morgan fingerprint density at radius 1 is 1.00 bits per heavy atom. The molecule has 0 saturated heterocycles. The van der Waals surface area contributed by atoms with E-state index in [1.165, 1.54) is 12.1 Å². The van der Waals surface area contributed by atoms with Crippen LogP contribution in [-0.4, -0.2) is 24.1 Å². The molecule has 5 nitrogen and oxygen atoms in total. The number of benzene rings is 3. The van der Waals surface area contributed by atoms with Gasteiger partial charge in [0.05, 0.1) is 26.3 Å². The molecule has 1 heterocycles. The average Bonchev–Trinajstić information content (AvgIpc) is 2.97. The minimum Gasteiger partial charge on any atom is -0.491 e. The highest BCUT2D eigenvalue weighted by Gasteiger charge is 2.20. The summed E-state index contributed by atoms with van der Waals surface area (Å²) in [5, 5.41) is 2.92. The van der Waals surface area contributed by atoms with Gasteiger partial charge in [-0.2, -0.15) is 0 Å². The fourth-order valence-electron chi connectivity index (χ4n) is 3.35. The summed E-state index contributed by atoms with van der Waals surface area (Å²) in [6.45, 7) is 2.10. The Hall–Kier alpha value is -3.38. The minimum atomic E-state index is -0.271. The molecule has 0 radical (unpaired) electrons. The van der Waals surface area contributed by atoms with Crippen LogP contribution >= 0.6 is 0 Å². The van der Waals surface area contributed by atoms with E-state index in [1.807, 2.05) is 54.6 Å². The number of halogens is 1. The van der Waals surface area contributed by atoms with Crippen LogP contribution in [0.25, 0.3) is 0 Å². The van der Waals surface area contributed by atoms with E-state index in [1.54, 1.807) is 11.0 Å². The van der Waals surface area contributed by atoms with Gasteiger partial charge in [-0.1, -0.05) is 36.4 Å². The van der Waals surface area contributed by atoms with Crippen LogP contribution in [0.1, 0.15) is 16.7 Å². The smallest absolute Gasteiger partial charge is 0.322 e. The first kappa shape index (κ1) is 19.9. The Morgan fingerprint density at radius 2 is 1.80 bits per heavy atom. The molecule has 30 heavy (non-hydrogen) atoms. The van der Waals surface area contributed by atoms with Gasteiger partial charge in [-0.25, -0.2) is 9.18 Å². The van der Waals surface area contributed by atoms with Crippen LogP contribution in [0, 0.1) is 5.82 Å². The Labute approximate surface area is 175 Å². The molecule has 6 heteroatoms. The summed E-state index contributed by atoms with van der Waals surface area (Å²) in [4.78, 5) is 14.4. The number of hydrogen-bond acceptors (Lipinski definition) is 3. The van der Waals surface area contributed by atoms with Crippen molar-refractivity contribution in [3.05, 3.63) is 95.3 Å². The van der Waals surface area contributed by atoms with E-state index in [-0.39, 0.29) is 11.8 Å². The number of hydrogen-bond donors (Lipinski definition) is 1. The van der Waals surface area contributed by atoms with Gasteiger partial charge in [0.15, 0.2) is 0 Å². The molecule has 3 aromatic rings. The quantitative estimate of drug-likeness (QED) is 0.651. The van der Waals surface area contributed by atoms with Gasteiger partial charge < -0.3 is 19.7 Å². The van der Waals surface area contributed by atoms with Gasteiger partial charge in [-0.15, -0.1) is 0 Å². The van der Waals surface area contributed by atoms with Crippen LogP contribution in [0.5, 0.6) is 5.75 Å². The van der Waals surface area contributed by atoms with Crippen molar-refractivity contribution >= 4 is 11.7 Å². The third-order valence-electron chi connectivity index (χ3n) is 4.84. The van der Waals surface area contributed by atoms with Gasteiger partial charge in [0.25, 0.3) is 0 Å². The second-order valence-corrected chi connectivity index (χ2v) is 7.13. The van der Waals surface area contributed by atoms with Crippen molar-refractivity contribution < 1.29 is 18.7 Å². The summed E-state index contributed by atoms with van der Waals surface area (Å²) in [5.74, 6) is 0.506. The molecule has 0 fully saturated rings. The van der Waals surface area contributed by atoms with Gasteiger partial charge in [0, 0.05) is 11.3 Å². The normalized spacial score (nSPS) is 13.2. The summed E-state index contributed by atoms with van der Waals surface area (Å²) in [6, 6.07) is 21.5. The van der Waals surface area contributed by atoms with E-state index >= 15 is 0 Å². The first-order valence-electron chi connectivity index (χ1n) is 9.85. The molecule has 154 valence electrons. The van der Waals surface area contributed by atoms with E-state index in [0.29, 0.717) is 32.9 Å². The molecule has 0 unspecified atom stereocenters. The molecule has 2 amide bonds. The van der Waals surface area contributed by atoms with E-state index < -0.39 is 0 Å². The third-order valence-corrected chi connectivity index (χ3v) is 4.84. The zero-order valence-corrected chi connectivity index (χ0v) is 16.5. The van der Waals surface area contributed by atoms with Gasteiger partial charge >= 0.3 is 6.03 Å². The molecule has 1 N–H and O–H groups in total. The van der Waals surface area contributed by atoms with Gasteiger partial charge in [0.2, 0.25) is 0 Å². The van der Waals surface area contributed by atoms with Crippen molar-refractivity contribution in [3.63, 3.8) is 0 Å². The second kappa shape index (κ2) is 9.41. The monoisotopic (exact) mass is 406 g/mol. The maximum atomic E-state index is 13.3. The Balaban J connectivity index is 1.39. The number of anilines is 1. The first-order valence-corrected chi connectivity index (χ1v) is 9.85. The molecular formula is C24H23FN2O3. The lowest BCUT2D eigenvalue weighted by atomic mass is 10.1. The number of ether oxygens (including phenoxy) is 2. The maximum Gasteiger partial charge on any atom is 0.322 e. The number of urea groups is 1. The summed E-state index contributed by atoms with van der Waals surface area (Å²) in [7, 11) is 0. The lowest BCUT2D eigenvalue weighted by Gasteiger charge is -2.20. The number of rotatable bonds is 5. The molecular weight excluding hydrogens is 383 g/mol. The van der Waals surface area contributed by atoms with Crippen LogP contribution in [0.4, 0.5) is 14.9 Å². The third kappa shape index (κ3) is 5.15. The predicted octanol–water partition coefficient (Wildman–Crippen LogP) is 4.97. The van der Waals surface area contributed by atoms with E-state index in [0.717, 1.165) is 28.1 Å². The summed E-state index contributed by atoms with van der Waals surface area (Å²) >= 11 is 0. The summed E-state index contributed by atoms with van der Waals surface area (Å²) < 4.78 is 24.8. The van der Waals surface area contributed by atoms with E-state index in [2.05, 4.69) is 5.32 Å². The van der Waals surface area contributed by atoms with Crippen molar-refractivity contribution in [1.29, 1.82) is 0 Å². The van der Waals surface area contributed by atoms with Gasteiger partial charge in [-0.3, -0.25) is 0 Å². The van der Waals surface area contributed by atoms with Crippen molar-refractivity contribution in [2.75, 3.05) is 18.5 Å². The Kier molecular flexibility index (Phi) is 6.25. The van der Waals surface area contributed by atoms with E-state index in [9.17, 15) is 9.18 Å². The summed E-state index contributed by atoms with van der Waals surface area (Å²) in [6.07, 6.45) is 0. The van der Waals surface area contributed by atoms with Crippen LogP contribution in [-0.2, 0) is 24.5 Å². The van der Waals surface area contributed by atoms with Crippen molar-refractivity contribution in [2.24, 2.45) is 0 Å². The highest BCUT2D eigenvalue weighted by molar-refractivity contribution is 5.89. The lowest BCUT2D eigenvalue weighted by Crippen LogP contribution is -2.36. The van der Waals surface area contributed by atoms with Crippen molar-refractivity contribution in [2.45, 2.75) is 19.8 Å². The molecule has 1 aliphatic rings. The first-order chi connectivity index (χ1) is 14.7. The largest absolute Gasteiger partial charge is 0.491 e. The number of carbonyl (C=O) groups is 1. The Bertz CT molecular complexity index is 1010. The predicted molar refractivity (Wildman–Crippen MR) is 113 cm³/mol. The number of amides is 2. The highest BCUT2D eigenvalue weighted by Crippen LogP contribution is 2.25. The van der Waals surface area contributed by atoms with Crippen LogP contribution in [0.2, 0.25) is 0 Å². The van der Waals surface area contributed by atoms with E-state index in [4.69, 9.17) is 9.47 Å². The zero-order valence-electron chi connectivity index (χ0n) is 16.5. The SMILES string of the molecule is O=C(Nc1ccccc1)N1CCOc2ccc(COCc3cccc(F)c3)cc2C1. The molecule has 3 aromatic carbocycles. The molecule has 0 bridgehead atoms. The number of nitrogens with zero attached hydrogens (tertiary/aromatic N) is 1.